The highest BCUT2D eigenvalue weighted by Gasteiger charge is 2.03. The van der Waals surface area contributed by atoms with Crippen LogP contribution in [0.2, 0.25) is 0 Å². The average molecular weight is 283 g/mol. The molecule has 0 aromatic heterocycles. The normalized spacial score (nSPS) is 11.0. The monoisotopic (exact) mass is 283 g/mol. The first-order valence-electron chi connectivity index (χ1n) is 6.85. The molecule has 3 heteroatoms. The molecule has 0 saturated heterocycles. The van der Waals surface area contributed by atoms with Crippen LogP contribution in [0.4, 0.5) is 8.78 Å². The lowest BCUT2D eigenvalue weighted by atomic mass is 10.0. The van der Waals surface area contributed by atoms with Gasteiger partial charge < -0.3 is 5.32 Å². The Bertz CT molecular complexity index is 763. The highest BCUT2D eigenvalue weighted by molar-refractivity contribution is 5.85. The zero-order valence-corrected chi connectivity index (χ0v) is 11.4. The largest absolute Gasteiger partial charge is 0.309 e. The van der Waals surface area contributed by atoms with Crippen molar-refractivity contribution in [3.05, 3.63) is 83.4 Å². The predicted molar refractivity (Wildman–Crippen MR) is 80.8 cm³/mol. The molecule has 1 N–H and O–H groups in total. The summed E-state index contributed by atoms with van der Waals surface area (Å²) in [5, 5.41) is 5.67. The lowest BCUT2D eigenvalue weighted by molar-refractivity contribution is 0.506. The summed E-state index contributed by atoms with van der Waals surface area (Å²) in [6.07, 6.45) is 0. The number of rotatable bonds is 4. The molecule has 0 spiro atoms. The second kappa shape index (κ2) is 6.02. The minimum Gasteiger partial charge on any atom is -0.309 e. The van der Waals surface area contributed by atoms with Gasteiger partial charge in [0.05, 0.1) is 0 Å². The average Bonchev–Trinajstić information content (AvgIpc) is 2.51. The van der Waals surface area contributed by atoms with Crippen molar-refractivity contribution in [3.63, 3.8) is 0 Å². The fourth-order valence-electron chi connectivity index (χ4n) is 2.44. The maximum atomic E-state index is 13.1. The highest BCUT2D eigenvalue weighted by Crippen LogP contribution is 2.18. The number of benzene rings is 3. The molecule has 0 aliphatic heterocycles. The van der Waals surface area contributed by atoms with Gasteiger partial charge >= 0.3 is 0 Å². The van der Waals surface area contributed by atoms with Crippen molar-refractivity contribution in [1.29, 1.82) is 0 Å². The molecule has 1 nitrogen and oxygen atoms in total. The van der Waals surface area contributed by atoms with Crippen LogP contribution in [0.15, 0.2) is 60.7 Å². The summed E-state index contributed by atoms with van der Waals surface area (Å²) in [5.74, 6) is -1.62. The fourth-order valence-corrected chi connectivity index (χ4v) is 2.44. The molecule has 0 atom stereocenters. The molecular formula is C18H15F2N. The van der Waals surface area contributed by atoms with Crippen LogP contribution in [0.5, 0.6) is 0 Å². The summed E-state index contributed by atoms with van der Waals surface area (Å²) in [5.41, 5.74) is 1.92. The van der Waals surface area contributed by atoms with Crippen LogP contribution in [-0.4, -0.2) is 0 Å². The van der Waals surface area contributed by atoms with Crippen molar-refractivity contribution in [2.45, 2.75) is 13.1 Å². The van der Waals surface area contributed by atoms with Crippen LogP contribution in [0.3, 0.4) is 0 Å². The molecule has 3 rings (SSSR count). The molecule has 3 aromatic carbocycles. The Balaban J connectivity index is 1.70. The summed E-state index contributed by atoms with van der Waals surface area (Å²) in [6.45, 7) is 1.18. The van der Waals surface area contributed by atoms with E-state index in [0.29, 0.717) is 13.1 Å². The van der Waals surface area contributed by atoms with E-state index in [1.165, 1.54) is 22.4 Å². The molecule has 0 aliphatic rings. The number of fused-ring (bicyclic) bond motifs is 1. The van der Waals surface area contributed by atoms with E-state index in [9.17, 15) is 8.78 Å². The van der Waals surface area contributed by atoms with Crippen LogP contribution in [0.25, 0.3) is 10.8 Å². The Kier molecular flexibility index (Phi) is 3.93. The van der Waals surface area contributed by atoms with E-state index in [1.54, 1.807) is 6.07 Å². The molecule has 3 aromatic rings. The summed E-state index contributed by atoms with van der Waals surface area (Å²) in [7, 11) is 0. The molecule has 0 amide bonds. The van der Waals surface area contributed by atoms with E-state index in [2.05, 4.69) is 29.6 Å². The van der Waals surface area contributed by atoms with Crippen LogP contribution in [0, 0.1) is 11.6 Å². The second-order valence-electron chi connectivity index (χ2n) is 4.99. The fraction of sp³-hybridized carbons (Fsp3) is 0.111. The Morgan fingerprint density at radius 2 is 1.57 bits per heavy atom. The molecule has 0 unspecified atom stereocenters. The van der Waals surface area contributed by atoms with Gasteiger partial charge in [0.15, 0.2) is 11.6 Å². The van der Waals surface area contributed by atoms with Gasteiger partial charge in [0.1, 0.15) is 0 Å². The Hall–Kier alpha value is -2.26. The molecule has 0 aliphatic carbocycles. The van der Waals surface area contributed by atoms with E-state index in [4.69, 9.17) is 0 Å². The standard InChI is InChI=1S/C18H15F2N/c19-17-9-8-13(10-18(17)20)11-21-12-15-6-3-5-14-4-1-2-7-16(14)15/h1-10,21H,11-12H2. The van der Waals surface area contributed by atoms with Gasteiger partial charge in [-0.3, -0.25) is 0 Å². The predicted octanol–water partition coefficient (Wildman–Crippen LogP) is 4.41. The summed E-state index contributed by atoms with van der Waals surface area (Å²) < 4.78 is 26.0. The smallest absolute Gasteiger partial charge is 0.159 e. The number of halogens is 2. The number of hydrogen-bond donors (Lipinski definition) is 1. The van der Waals surface area contributed by atoms with Crippen LogP contribution >= 0.6 is 0 Å². The SMILES string of the molecule is Fc1ccc(CNCc2cccc3ccccc23)cc1F. The second-order valence-corrected chi connectivity index (χ2v) is 4.99. The van der Waals surface area contributed by atoms with Crippen LogP contribution in [0.1, 0.15) is 11.1 Å². The van der Waals surface area contributed by atoms with Gasteiger partial charge in [-0.1, -0.05) is 48.5 Å². The minimum absolute atomic E-state index is 0.500. The lowest BCUT2D eigenvalue weighted by Crippen LogP contribution is -2.13. The van der Waals surface area contributed by atoms with Crippen molar-refractivity contribution in [1.82, 2.24) is 5.32 Å². The van der Waals surface area contributed by atoms with Gasteiger partial charge in [-0.25, -0.2) is 8.78 Å². The maximum absolute atomic E-state index is 13.1. The first-order chi connectivity index (χ1) is 10.2. The van der Waals surface area contributed by atoms with Crippen molar-refractivity contribution in [2.75, 3.05) is 0 Å². The molecule has 106 valence electrons. The summed E-state index contributed by atoms with van der Waals surface area (Å²) in [6, 6.07) is 18.3. The van der Waals surface area contributed by atoms with Gasteiger partial charge in [0.2, 0.25) is 0 Å². The Labute approximate surface area is 122 Å². The quantitative estimate of drug-likeness (QED) is 0.748. The van der Waals surface area contributed by atoms with E-state index < -0.39 is 11.6 Å². The van der Waals surface area contributed by atoms with E-state index in [0.717, 1.165) is 11.6 Å². The minimum atomic E-state index is -0.812. The molecule has 0 heterocycles. The summed E-state index contributed by atoms with van der Waals surface area (Å²) >= 11 is 0. The molecule has 0 saturated carbocycles. The first kappa shape index (κ1) is 13.7. The van der Waals surface area contributed by atoms with Crippen LogP contribution < -0.4 is 5.32 Å². The molecule has 21 heavy (non-hydrogen) atoms. The third-order valence-electron chi connectivity index (χ3n) is 3.51. The van der Waals surface area contributed by atoms with Crippen molar-refractivity contribution < 1.29 is 8.78 Å². The van der Waals surface area contributed by atoms with Gasteiger partial charge in [-0.2, -0.15) is 0 Å². The molecule has 0 fully saturated rings. The van der Waals surface area contributed by atoms with Gasteiger partial charge in [-0.05, 0) is 34.0 Å². The Morgan fingerprint density at radius 3 is 2.43 bits per heavy atom. The lowest BCUT2D eigenvalue weighted by Gasteiger charge is -2.08. The zero-order valence-electron chi connectivity index (χ0n) is 11.4. The van der Waals surface area contributed by atoms with Crippen molar-refractivity contribution in [2.24, 2.45) is 0 Å². The van der Waals surface area contributed by atoms with Gasteiger partial charge in [-0.15, -0.1) is 0 Å². The van der Waals surface area contributed by atoms with E-state index in [-0.39, 0.29) is 0 Å². The highest BCUT2D eigenvalue weighted by atomic mass is 19.2. The van der Waals surface area contributed by atoms with E-state index in [1.807, 2.05) is 18.2 Å². The first-order valence-corrected chi connectivity index (χ1v) is 6.85. The van der Waals surface area contributed by atoms with Gasteiger partial charge in [0.25, 0.3) is 0 Å². The Morgan fingerprint density at radius 1 is 0.762 bits per heavy atom. The third kappa shape index (κ3) is 3.09. The molecule has 0 bridgehead atoms. The summed E-state index contributed by atoms with van der Waals surface area (Å²) in [4.78, 5) is 0. The van der Waals surface area contributed by atoms with Crippen molar-refractivity contribution >= 4 is 10.8 Å². The number of nitrogens with one attached hydrogen (secondary N) is 1. The van der Waals surface area contributed by atoms with Crippen molar-refractivity contribution in [3.8, 4) is 0 Å². The zero-order chi connectivity index (χ0) is 14.7. The third-order valence-corrected chi connectivity index (χ3v) is 3.51. The van der Waals surface area contributed by atoms with Gasteiger partial charge in [0, 0.05) is 13.1 Å². The molecular weight excluding hydrogens is 268 g/mol. The topological polar surface area (TPSA) is 12.0 Å². The molecule has 0 radical (unpaired) electrons. The van der Waals surface area contributed by atoms with E-state index >= 15 is 0 Å². The number of hydrogen-bond acceptors (Lipinski definition) is 1. The maximum Gasteiger partial charge on any atom is 0.159 e. The van der Waals surface area contributed by atoms with Crippen LogP contribution in [-0.2, 0) is 13.1 Å².